The van der Waals surface area contributed by atoms with Gasteiger partial charge in [-0.1, -0.05) is 33.6 Å². The molecular weight excluding hydrogens is 194 g/mol. The highest BCUT2D eigenvalue weighted by molar-refractivity contribution is 4.87. The maximum Gasteiger partial charge on any atom is 0.0124 e. The highest BCUT2D eigenvalue weighted by atomic mass is 15.2. The Morgan fingerprint density at radius 1 is 0.938 bits per heavy atom. The normalized spacial score (nSPS) is 33.2. The Labute approximate surface area is 102 Å². The minimum Gasteiger partial charge on any atom is -0.300 e. The van der Waals surface area contributed by atoms with E-state index in [-0.39, 0.29) is 0 Å². The van der Waals surface area contributed by atoms with Crippen molar-refractivity contribution in [2.75, 3.05) is 13.1 Å². The molecule has 16 heavy (non-hydrogen) atoms. The monoisotopic (exact) mass is 223 g/mol. The topological polar surface area (TPSA) is 3.24 Å². The predicted molar refractivity (Wildman–Crippen MR) is 70.6 cm³/mol. The van der Waals surface area contributed by atoms with Crippen molar-refractivity contribution in [1.82, 2.24) is 4.90 Å². The summed E-state index contributed by atoms with van der Waals surface area (Å²) in [5.41, 5.74) is 0.514. The van der Waals surface area contributed by atoms with Gasteiger partial charge in [0.05, 0.1) is 0 Å². The molecule has 0 amide bonds. The second kappa shape index (κ2) is 5.08. The number of likely N-dealkylation sites (tertiary alicyclic amines) is 1. The molecule has 0 radical (unpaired) electrons. The van der Waals surface area contributed by atoms with Gasteiger partial charge in [0.15, 0.2) is 0 Å². The first-order valence-electron chi connectivity index (χ1n) is 7.30. The van der Waals surface area contributed by atoms with E-state index in [9.17, 15) is 0 Å². The lowest BCUT2D eigenvalue weighted by Crippen LogP contribution is -2.42. The van der Waals surface area contributed by atoms with E-state index in [4.69, 9.17) is 0 Å². The van der Waals surface area contributed by atoms with E-state index >= 15 is 0 Å². The Kier molecular flexibility index (Phi) is 3.94. The van der Waals surface area contributed by atoms with Crippen LogP contribution in [0, 0.1) is 11.3 Å². The lowest BCUT2D eigenvalue weighted by atomic mass is 9.74. The molecule has 2 aliphatic rings. The van der Waals surface area contributed by atoms with E-state index in [1.54, 1.807) is 0 Å². The Balaban J connectivity index is 1.96. The van der Waals surface area contributed by atoms with Crippen molar-refractivity contribution in [2.24, 2.45) is 11.3 Å². The van der Waals surface area contributed by atoms with E-state index in [1.165, 1.54) is 58.0 Å². The summed E-state index contributed by atoms with van der Waals surface area (Å²) in [6.07, 6.45) is 10.2. The van der Waals surface area contributed by atoms with Gasteiger partial charge in [0.1, 0.15) is 0 Å². The van der Waals surface area contributed by atoms with Crippen LogP contribution in [-0.2, 0) is 0 Å². The summed E-state index contributed by atoms with van der Waals surface area (Å²) in [6.45, 7) is 9.98. The molecule has 2 unspecified atom stereocenters. The van der Waals surface area contributed by atoms with Crippen LogP contribution in [0.4, 0.5) is 0 Å². The highest BCUT2D eigenvalue weighted by Gasteiger charge is 2.33. The van der Waals surface area contributed by atoms with Crippen LogP contribution in [0.1, 0.15) is 65.7 Å². The first-order chi connectivity index (χ1) is 7.56. The summed E-state index contributed by atoms with van der Waals surface area (Å²) in [7, 11) is 0. The van der Waals surface area contributed by atoms with Gasteiger partial charge in [0.2, 0.25) is 0 Å². The zero-order valence-corrected chi connectivity index (χ0v) is 11.5. The van der Waals surface area contributed by atoms with Crippen LogP contribution >= 0.6 is 0 Å². The van der Waals surface area contributed by atoms with Crippen molar-refractivity contribution in [3.05, 3.63) is 0 Å². The molecule has 1 heterocycles. The number of hydrogen-bond donors (Lipinski definition) is 0. The van der Waals surface area contributed by atoms with Crippen molar-refractivity contribution in [3.63, 3.8) is 0 Å². The summed E-state index contributed by atoms with van der Waals surface area (Å²) in [5.74, 6) is 0.979. The van der Waals surface area contributed by atoms with E-state index in [2.05, 4.69) is 25.7 Å². The molecule has 2 atom stereocenters. The number of hydrogen-bond acceptors (Lipinski definition) is 1. The maximum absolute atomic E-state index is 2.80. The van der Waals surface area contributed by atoms with E-state index in [1.807, 2.05) is 0 Å². The van der Waals surface area contributed by atoms with Crippen LogP contribution < -0.4 is 0 Å². The van der Waals surface area contributed by atoms with Crippen LogP contribution in [-0.4, -0.2) is 24.0 Å². The molecule has 1 nitrogen and oxygen atoms in total. The van der Waals surface area contributed by atoms with E-state index in [0.29, 0.717) is 5.41 Å². The lowest BCUT2D eigenvalue weighted by Gasteiger charge is -2.40. The Hall–Kier alpha value is -0.0400. The average Bonchev–Trinajstić information content (AvgIpc) is 2.69. The zero-order chi connectivity index (χ0) is 11.6. The largest absolute Gasteiger partial charge is 0.300 e. The smallest absolute Gasteiger partial charge is 0.0124 e. The second-order valence-corrected chi connectivity index (χ2v) is 7.12. The first kappa shape index (κ1) is 12.4. The molecule has 0 spiro atoms. The van der Waals surface area contributed by atoms with Crippen LogP contribution in [0.25, 0.3) is 0 Å². The molecule has 0 aromatic rings. The molecule has 1 aliphatic heterocycles. The molecule has 94 valence electrons. The SMILES string of the molecule is CC(C)(C)CC1CCCCC1N1CCCC1. The van der Waals surface area contributed by atoms with Gasteiger partial charge in [-0.05, 0) is 56.5 Å². The van der Waals surface area contributed by atoms with Crippen molar-refractivity contribution >= 4 is 0 Å². The van der Waals surface area contributed by atoms with Crippen molar-refractivity contribution in [3.8, 4) is 0 Å². The Bertz CT molecular complexity index is 210. The van der Waals surface area contributed by atoms with Crippen molar-refractivity contribution < 1.29 is 0 Å². The Morgan fingerprint density at radius 2 is 1.56 bits per heavy atom. The van der Waals surface area contributed by atoms with Gasteiger partial charge in [-0.25, -0.2) is 0 Å². The van der Waals surface area contributed by atoms with Gasteiger partial charge in [-0.15, -0.1) is 0 Å². The fourth-order valence-electron chi connectivity index (χ4n) is 3.77. The summed E-state index contributed by atoms with van der Waals surface area (Å²) in [6, 6.07) is 0.926. The summed E-state index contributed by atoms with van der Waals surface area (Å²) >= 11 is 0. The first-order valence-corrected chi connectivity index (χ1v) is 7.30. The summed E-state index contributed by atoms with van der Waals surface area (Å²) in [5, 5.41) is 0. The fraction of sp³-hybridized carbons (Fsp3) is 1.00. The molecule has 0 N–H and O–H groups in total. The molecular formula is C15H29N. The zero-order valence-electron chi connectivity index (χ0n) is 11.5. The third kappa shape index (κ3) is 3.23. The molecule has 1 saturated carbocycles. The molecule has 0 bridgehead atoms. The highest BCUT2D eigenvalue weighted by Crippen LogP contribution is 2.37. The molecule has 1 heteroatoms. The van der Waals surface area contributed by atoms with Gasteiger partial charge in [0, 0.05) is 6.04 Å². The van der Waals surface area contributed by atoms with Gasteiger partial charge in [-0.2, -0.15) is 0 Å². The third-order valence-corrected chi connectivity index (χ3v) is 4.35. The lowest BCUT2D eigenvalue weighted by molar-refractivity contribution is 0.0976. The standard InChI is InChI=1S/C15H29N/c1-15(2,3)12-13-8-4-5-9-14(13)16-10-6-7-11-16/h13-14H,4-12H2,1-3H3. The minimum atomic E-state index is 0.514. The van der Waals surface area contributed by atoms with Crippen LogP contribution in [0.2, 0.25) is 0 Å². The van der Waals surface area contributed by atoms with Crippen LogP contribution in [0.15, 0.2) is 0 Å². The summed E-state index contributed by atoms with van der Waals surface area (Å²) < 4.78 is 0. The van der Waals surface area contributed by atoms with E-state index < -0.39 is 0 Å². The van der Waals surface area contributed by atoms with E-state index in [0.717, 1.165) is 12.0 Å². The number of nitrogens with zero attached hydrogens (tertiary/aromatic N) is 1. The van der Waals surface area contributed by atoms with Crippen LogP contribution in [0.3, 0.4) is 0 Å². The van der Waals surface area contributed by atoms with Crippen molar-refractivity contribution in [2.45, 2.75) is 71.8 Å². The maximum atomic E-state index is 2.80. The number of rotatable bonds is 2. The molecule has 0 aromatic heterocycles. The quantitative estimate of drug-likeness (QED) is 0.682. The van der Waals surface area contributed by atoms with Crippen molar-refractivity contribution in [1.29, 1.82) is 0 Å². The average molecular weight is 223 g/mol. The van der Waals surface area contributed by atoms with Gasteiger partial charge in [0.25, 0.3) is 0 Å². The molecule has 2 fully saturated rings. The molecule has 0 aromatic carbocycles. The fourth-order valence-corrected chi connectivity index (χ4v) is 3.77. The molecule has 1 saturated heterocycles. The van der Waals surface area contributed by atoms with Gasteiger partial charge >= 0.3 is 0 Å². The second-order valence-electron chi connectivity index (χ2n) is 7.12. The third-order valence-electron chi connectivity index (χ3n) is 4.35. The van der Waals surface area contributed by atoms with Gasteiger partial charge in [-0.3, -0.25) is 0 Å². The summed E-state index contributed by atoms with van der Waals surface area (Å²) in [4.78, 5) is 2.80. The Morgan fingerprint density at radius 3 is 2.19 bits per heavy atom. The minimum absolute atomic E-state index is 0.514. The molecule has 2 rings (SSSR count). The van der Waals surface area contributed by atoms with Gasteiger partial charge < -0.3 is 4.90 Å². The molecule has 1 aliphatic carbocycles. The predicted octanol–water partition coefficient (Wildman–Crippen LogP) is 4.08. The van der Waals surface area contributed by atoms with Crippen LogP contribution in [0.5, 0.6) is 0 Å².